The van der Waals surface area contributed by atoms with Crippen molar-refractivity contribution in [2.75, 3.05) is 6.54 Å². The number of hydrogen-bond donors (Lipinski definition) is 1. The number of nitrogens with zero attached hydrogens (tertiary/aromatic N) is 2. The topological polar surface area (TPSA) is 29.9 Å². The van der Waals surface area contributed by atoms with E-state index in [4.69, 9.17) is 11.6 Å². The molecule has 0 aliphatic carbocycles. The number of rotatable bonds is 6. The van der Waals surface area contributed by atoms with Crippen LogP contribution in [0, 0.1) is 0 Å². The van der Waals surface area contributed by atoms with Gasteiger partial charge < -0.3 is 5.32 Å². The van der Waals surface area contributed by atoms with E-state index in [1.165, 1.54) is 11.3 Å². The first-order valence-corrected chi connectivity index (χ1v) is 7.16. The Kier molecular flexibility index (Phi) is 5.00. The summed E-state index contributed by atoms with van der Waals surface area (Å²) in [5.74, 6) is 0. The highest BCUT2D eigenvalue weighted by atomic mass is 35.5. The molecule has 0 aliphatic heterocycles. The maximum Gasteiger partial charge on any atom is 0.0663 e. The van der Waals surface area contributed by atoms with Gasteiger partial charge in [0.05, 0.1) is 11.9 Å². The summed E-state index contributed by atoms with van der Waals surface area (Å²) in [6.07, 6.45) is 4.04. The van der Waals surface area contributed by atoms with Crippen LogP contribution >= 0.6 is 11.6 Å². The van der Waals surface area contributed by atoms with Crippen molar-refractivity contribution in [1.29, 1.82) is 0 Å². The average molecular weight is 278 g/mol. The molecule has 0 unspecified atom stereocenters. The first-order valence-electron chi connectivity index (χ1n) is 6.78. The second-order valence-electron chi connectivity index (χ2n) is 4.54. The molecule has 1 aromatic carbocycles. The van der Waals surface area contributed by atoms with E-state index in [1.54, 1.807) is 0 Å². The summed E-state index contributed by atoms with van der Waals surface area (Å²) in [4.78, 5) is 0. The van der Waals surface area contributed by atoms with Gasteiger partial charge in [-0.2, -0.15) is 5.10 Å². The standard InChI is InChI=1S/C15H20ClN3/c1-3-8-17-10-12-11-18-19(15(12)4-2)14-7-5-6-13(16)9-14/h5-7,9,11,17H,3-4,8,10H2,1-2H3. The van der Waals surface area contributed by atoms with Crippen LogP contribution in [0.1, 0.15) is 31.5 Å². The second-order valence-corrected chi connectivity index (χ2v) is 4.97. The lowest BCUT2D eigenvalue weighted by molar-refractivity contribution is 0.669. The summed E-state index contributed by atoms with van der Waals surface area (Å²) in [6.45, 7) is 6.23. The van der Waals surface area contributed by atoms with Crippen LogP contribution < -0.4 is 5.32 Å². The summed E-state index contributed by atoms with van der Waals surface area (Å²) in [6, 6.07) is 7.80. The zero-order valence-corrected chi connectivity index (χ0v) is 12.2. The highest BCUT2D eigenvalue weighted by Crippen LogP contribution is 2.18. The molecule has 0 bridgehead atoms. The highest BCUT2D eigenvalue weighted by Gasteiger charge is 2.10. The minimum atomic E-state index is 0.737. The van der Waals surface area contributed by atoms with Gasteiger partial charge in [-0.3, -0.25) is 0 Å². The van der Waals surface area contributed by atoms with Crippen LogP contribution in [0.3, 0.4) is 0 Å². The first-order chi connectivity index (χ1) is 9.26. The van der Waals surface area contributed by atoms with Gasteiger partial charge in [0.15, 0.2) is 0 Å². The van der Waals surface area contributed by atoms with Crippen LogP contribution in [0.15, 0.2) is 30.5 Å². The zero-order chi connectivity index (χ0) is 13.7. The van der Waals surface area contributed by atoms with Gasteiger partial charge in [-0.05, 0) is 37.6 Å². The first kappa shape index (κ1) is 14.1. The van der Waals surface area contributed by atoms with E-state index < -0.39 is 0 Å². The maximum atomic E-state index is 6.05. The molecule has 0 radical (unpaired) electrons. The van der Waals surface area contributed by atoms with Crippen LogP contribution in [-0.4, -0.2) is 16.3 Å². The molecule has 0 amide bonds. The van der Waals surface area contributed by atoms with Crippen molar-refractivity contribution in [1.82, 2.24) is 15.1 Å². The number of halogens is 1. The minimum absolute atomic E-state index is 0.737. The fraction of sp³-hybridized carbons (Fsp3) is 0.400. The Labute approximate surface area is 119 Å². The molecule has 3 nitrogen and oxygen atoms in total. The maximum absolute atomic E-state index is 6.05. The summed E-state index contributed by atoms with van der Waals surface area (Å²) in [5.41, 5.74) is 3.52. The summed E-state index contributed by atoms with van der Waals surface area (Å²) < 4.78 is 1.98. The quantitative estimate of drug-likeness (QED) is 0.818. The Morgan fingerprint density at radius 1 is 1.32 bits per heavy atom. The highest BCUT2D eigenvalue weighted by molar-refractivity contribution is 6.30. The molecule has 0 saturated carbocycles. The van der Waals surface area contributed by atoms with Crippen molar-refractivity contribution in [3.63, 3.8) is 0 Å². The zero-order valence-electron chi connectivity index (χ0n) is 11.5. The third-order valence-electron chi connectivity index (χ3n) is 3.09. The molecule has 1 N–H and O–H groups in total. The molecule has 2 rings (SSSR count). The molecule has 0 atom stereocenters. The number of aromatic nitrogens is 2. The molecule has 0 fully saturated rings. The van der Waals surface area contributed by atoms with Crippen molar-refractivity contribution < 1.29 is 0 Å². The number of benzene rings is 1. The van der Waals surface area contributed by atoms with Crippen LogP contribution in [-0.2, 0) is 13.0 Å². The second kappa shape index (κ2) is 6.73. The SMILES string of the molecule is CCCNCc1cnn(-c2cccc(Cl)c2)c1CC. The fourth-order valence-corrected chi connectivity index (χ4v) is 2.35. The molecule has 2 aromatic rings. The van der Waals surface area contributed by atoms with Gasteiger partial charge >= 0.3 is 0 Å². The summed E-state index contributed by atoms with van der Waals surface area (Å²) in [5, 5.41) is 8.65. The van der Waals surface area contributed by atoms with Crippen molar-refractivity contribution in [2.45, 2.75) is 33.2 Å². The van der Waals surface area contributed by atoms with Crippen molar-refractivity contribution in [2.24, 2.45) is 0 Å². The lowest BCUT2D eigenvalue weighted by atomic mass is 10.2. The third-order valence-corrected chi connectivity index (χ3v) is 3.32. The molecule has 0 saturated heterocycles. The van der Waals surface area contributed by atoms with E-state index in [2.05, 4.69) is 24.3 Å². The van der Waals surface area contributed by atoms with Gasteiger partial charge in [-0.25, -0.2) is 4.68 Å². The Balaban J connectivity index is 2.26. The minimum Gasteiger partial charge on any atom is -0.313 e. The van der Waals surface area contributed by atoms with Crippen LogP contribution in [0.5, 0.6) is 0 Å². The average Bonchev–Trinajstić information content (AvgIpc) is 2.82. The lowest BCUT2D eigenvalue weighted by Crippen LogP contribution is -2.15. The molecule has 19 heavy (non-hydrogen) atoms. The van der Waals surface area contributed by atoms with E-state index >= 15 is 0 Å². The molecular weight excluding hydrogens is 258 g/mol. The number of hydrogen-bond acceptors (Lipinski definition) is 2. The number of nitrogens with one attached hydrogen (secondary N) is 1. The molecule has 1 heterocycles. The Hall–Kier alpha value is -1.32. The van der Waals surface area contributed by atoms with E-state index in [-0.39, 0.29) is 0 Å². The fourth-order valence-electron chi connectivity index (χ4n) is 2.16. The summed E-state index contributed by atoms with van der Waals surface area (Å²) in [7, 11) is 0. The molecule has 4 heteroatoms. The molecular formula is C15H20ClN3. The monoisotopic (exact) mass is 277 g/mol. The van der Waals surface area contributed by atoms with Crippen molar-refractivity contribution >= 4 is 11.6 Å². The van der Waals surface area contributed by atoms with E-state index in [9.17, 15) is 0 Å². The third kappa shape index (κ3) is 3.37. The lowest BCUT2D eigenvalue weighted by Gasteiger charge is -2.08. The molecule has 0 aliphatic rings. The predicted molar refractivity (Wildman–Crippen MR) is 79.9 cm³/mol. The Morgan fingerprint density at radius 2 is 2.16 bits per heavy atom. The van der Waals surface area contributed by atoms with Crippen LogP contribution in [0.4, 0.5) is 0 Å². The molecule has 1 aromatic heterocycles. The van der Waals surface area contributed by atoms with Gasteiger partial charge in [0.2, 0.25) is 0 Å². The van der Waals surface area contributed by atoms with Crippen LogP contribution in [0.25, 0.3) is 5.69 Å². The Bertz CT molecular complexity index is 534. The molecule has 0 spiro atoms. The van der Waals surface area contributed by atoms with Gasteiger partial charge in [-0.15, -0.1) is 0 Å². The van der Waals surface area contributed by atoms with E-state index in [0.717, 1.165) is 36.6 Å². The van der Waals surface area contributed by atoms with E-state index in [1.807, 2.05) is 35.1 Å². The van der Waals surface area contributed by atoms with Gasteiger partial charge in [0, 0.05) is 22.8 Å². The van der Waals surface area contributed by atoms with E-state index in [0.29, 0.717) is 0 Å². The Morgan fingerprint density at radius 3 is 2.84 bits per heavy atom. The molecule has 102 valence electrons. The van der Waals surface area contributed by atoms with Gasteiger partial charge in [-0.1, -0.05) is 31.5 Å². The van der Waals surface area contributed by atoms with Crippen LogP contribution in [0.2, 0.25) is 5.02 Å². The predicted octanol–water partition coefficient (Wildman–Crippen LogP) is 3.59. The van der Waals surface area contributed by atoms with Crippen molar-refractivity contribution in [3.05, 3.63) is 46.7 Å². The smallest absolute Gasteiger partial charge is 0.0663 e. The normalized spacial score (nSPS) is 10.9. The van der Waals surface area contributed by atoms with Gasteiger partial charge in [0.25, 0.3) is 0 Å². The largest absolute Gasteiger partial charge is 0.313 e. The van der Waals surface area contributed by atoms with Gasteiger partial charge in [0.1, 0.15) is 0 Å². The summed E-state index contributed by atoms with van der Waals surface area (Å²) >= 11 is 6.05. The van der Waals surface area contributed by atoms with Crippen molar-refractivity contribution in [3.8, 4) is 5.69 Å².